The number of nitrogens with zero attached hydrogens (tertiary/aromatic N) is 1. The smallest absolute Gasteiger partial charge is 0.0928 e. The molecular formula is C11H20N2O2. The third-order valence-electron chi connectivity index (χ3n) is 2.97. The van der Waals surface area contributed by atoms with Gasteiger partial charge in [-0.05, 0) is 18.3 Å². The van der Waals surface area contributed by atoms with Crippen LogP contribution >= 0.6 is 0 Å². The molecule has 0 spiro atoms. The molecule has 1 atom stereocenters. The normalized spacial score (nSPS) is 19.5. The van der Waals surface area contributed by atoms with Gasteiger partial charge in [-0.3, -0.25) is 0 Å². The Hall–Kier alpha value is -0.630. The van der Waals surface area contributed by atoms with Crippen molar-refractivity contribution in [2.45, 2.75) is 25.4 Å². The summed E-state index contributed by atoms with van der Waals surface area (Å²) in [4.78, 5) is 0. The van der Waals surface area contributed by atoms with Gasteiger partial charge in [0.25, 0.3) is 0 Å². The summed E-state index contributed by atoms with van der Waals surface area (Å²) in [6.07, 6.45) is 3.13. The molecule has 1 aliphatic carbocycles. The molecule has 0 aromatic carbocycles. The lowest BCUT2D eigenvalue weighted by atomic mass is 10.0. The van der Waals surface area contributed by atoms with E-state index in [2.05, 4.69) is 11.4 Å². The largest absolute Gasteiger partial charge is 0.382 e. The van der Waals surface area contributed by atoms with Crippen molar-refractivity contribution >= 4 is 0 Å². The van der Waals surface area contributed by atoms with Crippen LogP contribution in [0, 0.1) is 16.7 Å². The van der Waals surface area contributed by atoms with Gasteiger partial charge in [0.2, 0.25) is 0 Å². The fourth-order valence-corrected chi connectivity index (χ4v) is 1.66. The van der Waals surface area contributed by atoms with E-state index in [1.54, 1.807) is 14.2 Å². The molecule has 0 heterocycles. The highest BCUT2D eigenvalue weighted by atomic mass is 16.5. The van der Waals surface area contributed by atoms with Crippen molar-refractivity contribution in [3.8, 4) is 6.07 Å². The van der Waals surface area contributed by atoms with Crippen molar-refractivity contribution in [3.63, 3.8) is 0 Å². The Morgan fingerprint density at radius 1 is 1.47 bits per heavy atom. The lowest BCUT2D eigenvalue weighted by Crippen LogP contribution is -2.35. The first-order chi connectivity index (χ1) is 7.26. The molecule has 0 saturated heterocycles. The van der Waals surface area contributed by atoms with Gasteiger partial charge in [-0.25, -0.2) is 0 Å². The van der Waals surface area contributed by atoms with Crippen molar-refractivity contribution in [3.05, 3.63) is 0 Å². The van der Waals surface area contributed by atoms with E-state index in [0.717, 1.165) is 13.1 Å². The van der Waals surface area contributed by atoms with E-state index in [0.29, 0.717) is 13.0 Å². The predicted molar refractivity (Wildman–Crippen MR) is 57.4 cm³/mol. The van der Waals surface area contributed by atoms with E-state index in [-0.39, 0.29) is 11.5 Å². The van der Waals surface area contributed by atoms with E-state index in [1.165, 1.54) is 12.8 Å². The van der Waals surface area contributed by atoms with Crippen LogP contribution in [0.1, 0.15) is 19.3 Å². The Bertz CT molecular complexity index is 221. The average Bonchev–Trinajstić information content (AvgIpc) is 2.98. The summed E-state index contributed by atoms with van der Waals surface area (Å²) in [6, 6.07) is 2.25. The van der Waals surface area contributed by atoms with E-state index in [4.69, 9.17) is 14.7 Å². The number of nitriles is 1. The SMILES string of the molecule is COCC(CNCC1(CC#N)CC1)OC. The summed E-state index contributed by atoms with van der Waals surface area (Å²) < 4.78 is 10.3. The average molecular weight is 212 g/mol. The number of hydrogen-bond donors (Lipinski definition) is 1. The summed E-state index contributed by atoms with van der Waals surface area (Å²) in [6.45, 7) is 2.32. The van der Waals surface area contributed by atoms with Crippen LogP contribution in [0.25, 0.3) is 0 Å². The van der Waals surface area contributed by atoms with Crippen molar-refractivity contribution in [1.82, 2.24) is 5.32 Å². The molecule has 1 N–H and O–H groups in total. The molecule has 0 amide bonds. The predicted octanol–water partition coefficient (Wildman–Crippen LogP) is 0.931. The highest BCUT2D eigenvalue weighted by Gasteiger charge is 2.41. The Morgan fingerprint density at radius 3 is 2.67 bits per heavy atom. The second kappa shape index (κ2) is 6.06. The highest BCUT2D eigenvalue weighted by molar-refractivity contribution is 5.00. The van der Waals surface area contributed by atoms with Crippen LogP contribution in [-0.4, -0.2) is 40.0 Å². The second-order valence-electron chi connectivity index (χ2n) is 4.28. The molecule has 4 nitrogen and oxygen atoms in total. The van der Waals surface area contributed by atoms with Gasteiger partial charge < -0.3 is 14.8 Å². The summed E-state index contributed by atoms with van der Waals surface area (Å²) in [5.41, 5.74) is 0.264. The zero-order chi connectivity index (χ0) is 11.1. The number of ether oxygens (including phenoxy) is 2. The number of nitrogens with one attached hydrogen (secondary N) is 1. The third kappa shape index (κ3) is 4.17. The van der Waals surface area contributed by atoms with Crippen LogP contribution in [-0.2, 0) is 9.47 Å². The molecule has 0 radical (unpaired) electrons. The zero-order valence-corrected chi connectivity index (χ0v) is 9.58. The third-order valence-corrected chi connectivity index (χ3v) is 2.97. The molecular weight excluding hydrogens is 192 g/mol. The molecule has 1 rings (SSSR count). The van der Waals surface area contributed by atoms with Gasteiger partial charge in [0, 0.05) is 33.7 Å². The van der Waals surface area contributed by atoms with Gasteiger partial charge >= 0.3 is 0 Å². The second-order valence-corrected chi connectivity index (χ2v) is 4.28. The topological polar surface area (TPSA) is 54.3 Å². The molecule has 1 saturated carbocycles. The van der Waals surface area contributed by atoms with E-state index >= 15 is 0 Å². The molecule has 0 bridgehead atoms. The summed E-state index contributed by atoms with van der Waals surface area (Å²) in [5.74, 6) is 0. The van der Waals surface area contributed by atoms with Crippen molar-refractivity contribution < 1.29 is 9.47 Å². The van der Waals surface area contributed by atoms with E-state index in [1.807, 2.05) is 0 Å². The molecule has 4 heteroatoms. The van der Waals surface area contributed by atoms with Gasteiger partial charge in [0.05, 0.1) is 18.8 Å². The minimum atomic E-state index is 0.105. The lowest BCUT2D eigenvalue weighted by molar-refractivity contribution is 0.0283. The molecule has 1 unspecified atom stereocenters. The maximum absolute atomic E-state index is 8.66. The van der Waals surface area contributed by atoms with Crippen molar-refractivity contribution in [2.24, 2.45) is 5.41 Å². The van der Waals surface area contributed by atoms with Gasteiger partial charge in [-0.15, -0.1) is 0 Å². The minimum absolute atomic E-state index is 0.105. The first-order valence-corrected chi connectivity index (χ1v) is 5.36. The van der Waals surface area contributed by atoms with Crippen LogP contribution in [0.2, 0.25) is 0 Å². The quantitative estimate of drug-likeness (QED) is 0.650. The van der Waals surface area contributed by atoms with Gasteiger partial charge in [0.1, 0.15) is 0 Å². The standard InChI is InChI=1S/C11H20N2O2/c1-14-8-10(15-2)7-13-9-11(3-4-11)5-6-12/h10,13H,3-5,7-9H2,1-2H3. The van der Waals surface area contributed by atoms with Crippen molar-refractivity contribution in [1.29, 1.82) is 5.26 Å². The molecule has 15 heavy (non-hydrogen) atoms. The summed E-state index contributed by atoms with van der Waals surface area (Å²) in [7, 11) is 3.36. The van der Waals surface area contributed by atoms with Gasteiger partial charge in [-0.2, -0.15) is 5.26 Å². The van der Waals surface area contributed by atoms with E-state index in [9.17, 15) is 0 Å². The molecule has 1 aliphatic rings. The minimum Gasteiger partial charge on any atom is -0.382 e. The summed E-state index contributed by atoms with van der Waals surface area (Å²) in [5, 5.41) is 12.0. The number of rotatable bonds is 8. The van der Waals surface area contributed by atoms with Crippen LogP contribution in [0.5, 0.6) is 0 Å². The fourth-order valence-electron chi connectivity index (χ4n) is 1.66. The monoisotopic (exact) mass is 212 g/mol. The highest BCUT2D eigenvalue weighted by Crippen LogP contribution is 2.47. The zero-order valence-electron chi connectivity index (χ0n) is 9.58. The van der Waals surface area contributed by atoms with Gasteiger partial charge in [-0.1, -0.05) is 0 Å². The fraction of sp³-hybridized carbons (Fsp3) is 0.909. The Morgan fingerprint density at radius 2 is 2.20 bits per heavy atom. The van der Waals surface area contributed by atoms with Crippen LogP contribution in [0.15, 0.2) is 0 Å². The van der Waals surface area contributed by atoms with E-state index < -0.39 is 0 Å². The number of methoxy groups -OCH3 is 2. The lowest BCUT2D eigenvalue weighted by Gasteiger charge is -2.17. The maximum Gasteiger partial charge on any atom is 0.0928 e. The van der Waals surface area contributed by atoms with Crippen molar-refractivity contribution in [2.75, 3.05) is 33.9 Å². The molecule has 0 aliphatic heterocycles. The first kappa shape index (κ1) is 12.4. The van der Waals surface area contributed by atoms with Gasteiger partial charge in [0.15, 0.2) is 0 Å². The van der Waals surface area contributed by atoms with Crippen LogP contribution in [0.4, 0.5) is 0 Å². The molecule has 0 aromatic rings. The summed E-state index contributed by atoms with van der Waals surface area (Å²) >= 11 is 0. The molecule has 0 aromatic heterocycles. The Kier molecular flexibility index (Phi) is 5.03. The maximum atomic E-state index is 8.66. The Balaban J connectivity index is 2.12. The van der Waals surface area contributed by atoms with Crippen LogP contribution in [0.3, 0.4) is 0 Å². The van der Waals surface area contributed by atoms with Crippen LogP contribution < -0.4 is 5.32 Å². The first-order valence-electron chi connectivity index (χ1n) is 5.36. The number of hydrogen-bond acceptors (Lipinski definition) is 4. The Labute approximate surface area is 91.6 Å². The molecule has 86 valence electrons. The molecule has 1 fully saturated rings.